The predicted octanol–water partition coefficient (Wildman–Crippen LogP) is -0.0699. The third-order valence-electron chi connectivity index (χ3n) is 2.04. The second-order valence-corrected chi connectivity index (χ2v) is 3.52. The SMILES string of the molecule is CCN(CC(=O)OC)C(=O)C(C)C(N)=S. The zero-order valence-electron chi connectivity index (χ0n) is 9.15. The van der Waals surface area contributed by atoms with Crippen molar-refractivity contribution in [1.82, 2.24) is 4.90 Å². The van der Waals surface area contributed by atoms with Gasteiger partial charge in [-0.25, -0.2) is 0 Å². The number of hydrogen-bond donors (Lipinski definition) is 1. The Morgan fingerprint density at radius 3 is 2.40 bits per heavy atom. The molecule has 0 saturated carbocycles. The topological polar surface area (TPSA) is 72.6 Å². The maximum Gasteiger partial charge on any atom is 0.325 e. The summed E-state index contributed by atoms with van der Waals surface area (Å²) >= 11 is 4.72. The molecule has 6 heteroatoms. The van der Waals surface area contributed by atoms with Crippen LogP contribution in [0.1, 0.15) is 13.8 Å². The zero-order chi connectivity index (χ0) is 12.0. The van der Waals surface area contributed by atoms with Gasteiger partial charge in [0.2, 0.25) is 5.91 Å². The quantitative estimate of drug-likeness (QED) is 0.530. The molecule has 15 heavy (non-hydrogen) atoms. The summed E-state index contributed by atoms with van der Waals surface area (Å²) in [5.41, 5.74) is 5.36. The lowest BCUT2D eigenvalue weighted by atomic mass is 10.1. The van der Waals surface area contributed by atoms with Crippen molar-refractivity contribution in [1.29, 1.82) is 0 Å². The highest BCUT2D eigenvalue weighted by atomic mass is 32.1. The third kappa shape index (κ3) is 4.24. The fourth-order valence-electron chi connectivity index (χ4n) is 0.962. The van der Waals surface area contributed by atoms with Gasteiger partial charge < -0.3 is 15.4 Å². The Kier molecular flexibility index (Phi) is 5.84. The molecule has 1 atom stereocenters. The number of methoxy groups -OCH3 is 1. The van der Waals surface area contributed by atoms with Crippen molar-refractivity contribution >= 4 is 29.1 Å². The van der Waals surface area contributed by atoms with Gasteiger partial charge in [0.15, 0.2) is 0 Å². The van der Waals surface area contributed by atoms with Crippen molar-refractivity contribution in [2.45, 2.75) is 13.8 Å². The molecule has 1 unspecified atom stereocenters. The maximum absolute atomic E-state index is 11.7. The van der Waals surface area contributed by atoms with Crippen LogP contribution in [0.5, 0.6) is 0 Å². The third-order valence-corrected chi connectivity index (χ3v) is 2.39. The molecular formula is C9H16N2O3S. The first-order valence-electron chi connectivity index (χ1n) is 4.58. The van der Waals surface area contributed by atoms with Gasteiger partial charge in [0.05, 0.1) is 18.0 Å². The van der Waals surface area contributed by atoms with Gasteiger partial charge in [0, 0.05) is 6.54 Å². The first kappa shape index (κ1) is 13.8. The number of amides is 1. The van der Waals surface area contributed by atoms with Crippen LogP contribution in [0, 0.1) is 5.92 Å². The van der Waals surface area contributed by atoms with Crippen LogP contribution < -0.4 is 5.73 Å². The number of hydrogen-bond acceptors (Lipinski definition) is 4. The molecule has 0 radical (unpaired) electrons. The molecule has 86 valence electrons. The van der Waals surface area contributed by atoms with E-state index in [4.69, 9.17) is 18.0 Å². The van der Waals surface area contributed by atoms with E-state index in [9.17, 15) is 9.59 Å². The van der Waals surface area contributed by atoms with Crippen LogP contribution in [0.2, 0.25) is 0 Å². The van der Waals surface area contributed by atoms with Gasteiger partial charge in [-0.1, -0.05) is 12.2 Å². The molecule has 0 aromatic heterocycles. The fourth-order valence-corrected chi connectivity index (χ4v) is 1.06. The summed E-state index contributed by atoms with van der Waals surface area (Å²) in [6.07, 6.45) is 0. The Balaban J connectivity index is 4.47. The van der Waals surface area contributed by atoms with Gasteiger partial charge in [0.25, 0.3) is 0 Å². The second-order valence-electron chi connectivity index (χ2n) is 3.05. The number of thiocarbonyl (C=S) groups is 1. The Hall–Kier alpha value is -1.17. The smallest absolute Gasteiger partial charge is 0.325 e. The summed E-state index contributed by atoms with van der Waals surface area (Å²) in [6.45, 7) is 3.73. The summed E-state index contributed by atoms with van der Waals surface area (Å²) in [7, 11) is 1.28. The summed E-state index contributed by atoms with van der Waals surface area (Å²) in [5, 5.41) is 0. The van der Waals surface area contributed by atoms with Gasteiger partial charge >= 0.3 is 5.97 Å². The molecule has 0 bridgehead atoms. The van der Waals surface area contributed by atoms with E-state index in [1.165, 1.54) is 12.0 Å². The van der Waals surface area contributed by atoms with E-state index in [1.54, 1.807) is 13.8 Å². The highest BCUT2D eigenvalue weighted by molar-refractivity contribution is 7.80. The van der Waals surface area contributed by atoms with Crippen LogP contribution in [0.4, 0.5) is 0 Å². The molecule has 0 aromatic carbocycles. The van der Waals surface area contributed by atoms with E-state index in [1.807, 2.05) is 0 Å². The molecule has 0 aliphatic heterocycles. The number of likely N-dealkylation sites (N-methyl/N-ethyl adjacent to an activating group) is 1. The lowest BCUT2D eigenvalue weighted by Gasteiger charge is -2.22. The van der Waals surface area contributed by atoms with Crippen molar-refractivity contribution in [3.8, 4) is 0 Å². The van der Waals surface area contributed by atoms with Gasteiger partial charge in [-0.2, -0.15) is 0 Å². The first-order valence-corrected chi connectivity index (χ1v) is 4.99. The van der Waals surface area contributed by atoms with Crippen LogP contribution in [0.25, 0.3) is 0 Å². The predicted molar refractivity (Wildman–Crippen MR) is 60.2 cm³/mol. The molecule has 0 heterocycles. The van der Waals surface area contributed by atoms with E-state index >= 15 is 0 Å². The number of ether oxygens (including phenoxy) is 1. The monoisotopic (exact) mass is 232 g/mol. The minimum absolute atomic E-state index is 0.0706. The molecule has 0 fully saturated rings. The average molecular weight is 232 g/mol. The summed E-state index contributed by atoms with van der Waals surface area (Å²) in [6, 6.07) is 0. The molecule has 0 spiro atoms. The zero-order valence-corrected chi connectivity index (χ0v) is 9.97. The molecule has 2 N–H and O–H groups in total. The Labute approximate surface area is 94.6 Å². The van der Waals surface area contributed by atoms with Gasteiger partial charge in [-0.05, 0) is 13.8 Å². The van der Waals surface area contributed by atoms with Gasteiger partial charge in [-0.3, -0.25) is 9.59 Å². The summed E-state index contributed by atoms with van der Waals surface area (Å²) in [4.78, 5) is 24.2. The largest absolute Gasteiger partial charge is 0.468 e. The number of esters is 1. The van der Waals surface area contributed by atoms with Crippen molar-refractivity contribution in [3.05, 3.63) is 0 Å². The fraction of sp³-hybridized carbons (Fsp3) is 0.667. The summed E-state index contributed by atoms with van der Waals surface area (Å²) < 4.78 is 4.48. The minimum atomic E-state index is -0.551. The lowest BCUT2D eigenvalue weighted by molar-refractivity contribution is -0.147. The molecule has 0 saturated heterocycles. The van der Waals surface area contributed by atoms with Gasteiger partial charge in [0.1, 0.15) is 6.54 Å². The van der Waals surface area contributed by atoms with Gasteiger partial charge in [-0.15, -0.1) is 0 Å². The van der Waals surface area contributed by atoms with Crippen molar-refractivity contribution in [3.63, 3.8) is 0 Å². The lowest BCUT2D eigenvalue weighted by Crippen LogP contribution is -2.42. The van der Waals surface area contributed by atoms with E-state index < -0.39 is 11.9 Å². The molecular weight excluding hydrogens is 216 g/mol. The van der Waals surface area contributed by atoms with Crippen LogP contribution in [0.15, 0.2) is 0 Å². The van der Waals surface area contributed by atoms with E-state index in [-0.39, 0.29) is 17.4 Å². The van der Waals surface area contributed by atoms with Crippen molar-refractivity contribution in [2.24, 2.45) is 11.7 Å². The van der Waals surface area contributed by atoms with E-state index in [0.717, 1.165) is 0 Å². The second kappa shape index (κ2) is 6.34. The van der Waals surface area contributed by atoms with E-state index in [0.29, 0.717) is 6.54 Å². The van der Waals surface area contributed by atoms with Crippen LogP contribution in [-0.4, -0.2) is 42.0 Å². The number of nitrogens with two attached hydrogens (primary N) is 1. The normalized spacial score (nSPS) is 11.7. The Morgan fingerprint density at radius 1 is 1.53 bits per heavy atom. The Morgan fingerprint density at radius 2 is 2.07 bits per heavy atom. The molecule has 0 aliphatic carbocycles. The van der Waals surface area contributed by atoms with E-state index in [2.05, 4.69) is 4.74 Å². The first-order chi connectivity index (χ1) is 6.93. The van der Waals surface area contributed by atoms with Crippen LogP contribution >= 0.6 is 12.2 Å². The number of rotatable bonds is 5. The standard InChI is InChI=1S/C9H16N2O3S/c1-4-11(5-7(12)14-3)9(13)6(2)8(10)15/h6H,4-5H2,1-3H3,(H2,10,15). The summed E-state index contributed by atoms with van der Waals surface area (Å²) in [5.74, 6) is -1.26. The molecule has 1 amide bonds. The van der Waals surface area contributed by atoms with Crippen molar-refractivity contribution in [2.75, 3.05) is 20.2 Å². The van der Waals surface area contributed by atoms with Crippen LogP contribution in [0.3, 0.4) is 0 Å². The number of carbonyl (C=O) groups excluding carboxylic acids is 2. The molecule has 0 aliphatic rings. The highest BCUT2D eigenvalue weighted by Crippen LogP contribution is 2.03. The average Bonchev–Trinajstić information content (AvgIpc) is 2.23. The number of carbonyl (C=O) groups is 2. The van der Waals surface area contributed by atoms with Crippen LogP contribution in [-0.2, 0) is 14.3 Å². The molecule has 0 rings (SSSR count). The number of nitrogens with zero attached hydrogens (tertiary/aromatic N) is 1. The minimum Gasteiger partial charge on any atom is -0.468 e. The molecule has 0 aromatic rings. The highest BCUT2D eigenvalue weighted by Gasteiger charge is 2.23. The van der Waals surface area contributed by atoms with Crippen molar-refractivity contribution < 1.29 is 14.3 Å². The Bertz CT molecular complexity index is 268. The maximum atomic E-state index is 11.7. The molecule has 5 nitrogen and oxygen atoms in total.